The number of carbonyl (C=O) groups is 2. The highest BCUT2D eigenvalue weighted by molar-refractivity contribution is 6.11. The van der Waals surface area contributed by atoms with Crippen LogP contribution in [-0.2, 0) is 29.0 Å². The molecule has 0 aliphatic carbocycles. The summed E-state index contributed by atoms with van der Waals surface area (Å²) < 4.78 is 0. The summed E-state index contributed by atoms with van der Waals surface area (Å²) in [5, 5.41) is 2.83. The van der Waals surface area contributed by atoms with Crippen molar-refractivity contribution in [3.8, 4) is 0 Å². The number of nitrogens with zero attached hydrogens (tertiary/aromatic N) is 4. The van der Waals surface area contributed by atoms with Gasteiger partial charge in [-0.1, -0.05) is 19.1 Å². The van der Waals surface area contributed by atoms with Crippen molar-refractivity contribution in [3.05, 3.63) is 47.5 Å². The lowest BCUT2D eigenvalue weighted by Crippen LogP contribution is -2.52. The van der Waals surface area contributed by atoms with Gasteiger partial charge in [0.15, 0.2) is 0 Å². The van der Waals surface area contributed by atoms with E-state index in [4.69, 9.17) is 0 Å². The first-order valence-electron chi connectivity index (χ1n) is 9.34. The Morgan fingerprint density at radius 2 is 2.11 bits per heavy atom. The number of rotatable bonds is 3. The number of aryl methyl sites for hydroxylation is 1. The molecule has 2 aliphatic rings. The Hall–Kier alpha value is -2.80. The van der Waals surface area contributed by atoms with Crippen LogP contribution in [0.2, 0.25) is 0 Å². The molecule has 1 unspecified atom stereocenters. The average molecular weight is 365 g/mol. The molecule has 140 valence electrons. The van der Waals surface area contributed by atoms with Gasteiger partial charge in [0.2, 0.25) is 11.8 Å². The van der Waals surface area contributed by atoms with Gasteiger partial charge in [0, 0.05) is 25.7 Å². The summed E-state index contributed by atoms with van der Waals surface area (Å²) >= 11 is 0. The van der Waals surface area contributed by atoms with Crippen LogP contribution in [0.15, 0.2) is 30.5 Å². The maximum atomic E-state index is 13.2. The van der Waals surface area contributed by atoms with Crippen molar-refractivity contribution in [2.24, 2.45) is 0 Å². The van der Waals surface area contributed by atoms with E-state index in [1.165, 1.54) is 0 Å². The van der Waals surface area contributed by atoms with Gasteiger partial charge in [-0.25, -0.2) is 9.97 Å². The lowest BCUT2D eigenvalue weighted by Gasteiger charge is -2.36. The summed E-state index contributed by atoms with van der Waals surface area (Å²) in [6, 6.07) is 7.07. The zero-order valence-electron chi connectivity index (χ0n) is 15.6. The second-order valence-corrected chi connectivity index (χ2v) is 7.00. The van der Waals surface area contributed by atoms with Crippen molar-refractivity contribution >= 4 is 23.2 Å². The molecular formula is C20H23N5O2. The van der Waals surface area contributed by atoms with Gasteiger partial charge in [0.1, 0.15) is 12.4 Å². The van der Waals surface area contributed by atoms with Crippen molar-refractivity contribution in [1.29, 1.82) is 0 Å². The molecule has 0 radical (unpaired) electrons. The first-order valence-corrected chi connectivity index (χ1v) is 9.34. The van der Waals surface area contributed by atoms with Crippen LogP contribution in [0.5, 0.6) is 0 Å². The minimum absolute atomic E-state index is 0.0484. The predicted molar refractivity (Wildman–Crippen MR) is 102 cm³/mol. The second kappa shape index (κ2) is 7.08. The van der Waals surface area contributed by atoms with Gasteiger partial charge in [0.25, 0.3) is 0 Å². The third-order valence-electron chi connectivity index (χ3n) is 5.28. The lowest BCUT2D eigenvalue weighted by molar-refractivity contribution is -0.125. The highest BCUT2D eigenvalue weighted by Gasteiger charge is 2.33. The molecule has 1 N–H and O–H groups in total. The summed E-state index contributed by atoms with van der Waals surface area (Å²) in [5.41, 5.74) is 3.59. The second-order valence-electron chi connectivity index (χ2n) is 7.00. The third kappa shape index (κ3) is 3.30. The van der Waals surface area contributed by atoms with E-state index in [0.717, 1.165) is 42.2 Å². The summed E-state index contributed by atoms with van der Waals surface area (Å²) in [5.74, 6) is 0.597. The number of benzene rings is 1. The molecule has 1 atom stereocenters. The van der Waals surface area contributed by atoms with E-state index >= 15 is 0 Å². The Morgan fingerprint density at radius 3 is 2.93 bits per heavy atom. The fourth-order valence-electron chi connectivity index (χ4n) is 3.68. The van der Waals surface area contributed by atoms with Gasteiger partial charge < -0.3 is 5.32 Å². The van der Waals surface area contributed by atoms with Crippen LogP contribution in [0, 0.1) is 0 Å². The molecular weight excluding hydrogens is 342 g/mol. The molecule has 7 heteroatoms. The van der Waals surface area contributed by atoms with Gasteiger partial charge in [-0.15, -0.1) is 0 Å². The van der Waals surface area contributed by atoms with Crippen LogP contribution >= 0.6 is 0 Å². The molecule has 0 bridgehead atoms. The lowest BCUT2D eigenvalue weighted by atomic mass is 10.0. The van der Waals surface area contributed by atoms with Crippen LogP contribution in [-0.4, -0.2) is 45.8 Å². The molecule has 0 saturated carbocycles. The molecule has 2 aliphatic heterocycles. The molecule has 7 nitrogen and oxygen atoms in total. The van der Waals surface area contributed by atoms with E-state index in [9.17, 15) is 9.59 Å². The molecule has 2 amide bonds. The smallest absolute Gasteiger partial charge is 0.244 e. The molecule has 3 heterocycles. The first kappa shape index (κ1) is 17.6. The summed E-state index contributed by atoms with van der Waals surface area (Å²) in [6.07, 6.45) is 3.53. The van der Waals surface area contributed by atoms with Gasteiger partial charge in [-0.2, -0.15) is 0 Å². The summed E-state index contributed by atoms with van der Waals surface area (Å²) in [6.45, 7) is 5.39. The van der Waals surface area contributed by atoms with Gasteiger partial charge in [0.05, 0.1) is 23.1 Å². The minimum atomic E-state index is -0.336. The number of fused-ring (bicyclic) bond motifs is 2. The van der Waals surface area contributed by atoms with E-state index in [2.05, 4.69) is 20.2 Å². The highest BCUT2D eigenvalue weighted by Crippen LogP contribution is 2.30. The monoisotopic (exact) mass is 365 g/mol. The van der Waals surface area contributed by atoms with Crippen molar-refractivity contribution in [1.82, 2.24) is 14.9 Å². The molecule has 1 aromatic heterocycles. The van der Waals surface area contributed by atoms with Crippen molar-refractivity contribution in [3.63, 3.8) is 0 Å². The summed E-state index contributed by atoms with van der Waals surface area (Å²) in [4.78, 5) is 38.0. The average Bonchev–Trinajstić information content (AvgIpc) is 2.71. The topological polar surface area (TPSA) is 78.4 Å². The number of hydrogen-bond acceptors (Lipinski definition) is 5. The maximum Gasteiger partial charge on any atom is 0.244 e. The van der Waals surface area contributed by atoms with Crippen molar-refractivity contribution in [2.75, 3.05) is 23.3 Å². The van der Waals surface area contributed by atoms with Gasteiger partial charge in [-0.05, 0) is 31.0 Å². The largest absolute Gasteiger partial charge is 0.323 e. The number of anilines is 2. The van der Waals surface area contributed by atoms with E-state index in [-0.39, 0.29) is 24.4 Å². The van der Waals surface area contributed by atoms with Crippen LogP contribution in [0.25, 0.3) is 0 Å². The zero-order valence-corrected chi connectivity index (χ0v) is 15.6. The molecule has 27 heavy (non-hydrogen) atoms. The number of aromatic nitrogens is 2. The van der Waals surface area contributed by atoms with Gasteiger partial charge in [-0.3, -0.25) is 19.4 Å². The number of hydrogen-bond donors (Lipinski definition) is 1. The first-order chi connectivity index (χ1) is 13.1. The number of carbonyl (C=O) groups excluding carboxylic acids is 2. The molecule has 0 spiro atoms. The van der Waals surface area contributed by atoms with Crippen LogP contribution < -0.4 is 10.2 Å². The summed E-state index contributed by atoms with van der Waals surface area (Å²) in [7, 11) is 0. The van der Waals surface area contributed by atoms with Crippen molar-refractivity contribution in [2.45, 2.75) is 39.3 Å². The van der Waals surface area contributed by atoms with Crippen LogP contribution in [0.1, 0.15) is 30.9 Å². The van der Waals surface area contributed by atoms with Crippen LogP contribution in [0.3, 0.4) is 0 Å². The fraction of sp³-hybridized carbons (Fsp3) is 0.400. The number of amides is 2. The SMILES string of the molecule is CCc1ncc2c(n1)CN(C(C)C(=O)N1CC(=O)Nc3ccccc31)CC2. The normalized spacial score (nSPS) is 17.7. The minimum Gasteiger partial charge on any atom is -0.323 e. The highest BCUT2D eigenvalue weighted by atomic mass is 16.2. The standard InChI is InChI=1S/C20H23N5O2/c1-3-18-21-10-14-8-9-24(11-16(14)22-18)13(2)20(27)25-12-19(26)23-15-6-4-5-7-17(15)25/h4-7,10,13H,3,8-9,11-12H2,1-2H3,(H,23,26). The van der Waals surface area contributed by atoms with E-state index in [1.807, 2.05) is 44.3 Å². The molecule has 0 fully saturated rings. The Bertz CT molecular complexity index is 898. The Morgan fingerprint density at radius 1 is 1.30 bits per heavy atom. The van der Waals surface area contributed by atoms with E-state index in [1.54, 1.807) is 4.90 Å². The fourth-order valence-corrected chi connectivity index (χ4v) is 3.68. The zero-order chi connectivity index (χ0) is 19.0. The molecule has 0 saturated heterocycles. The number of para-hydroxylation sites is 2. The van der Waals surface area contributed by atoms with Crippen LogP contribution in [0.4, 0.5) is 11.4 Å². The quantitative estimate of drug-likeness (QED) is 0.897. The van der Waals surface area contributed by atoms with Crippen molar-refractivity contribution < 1.29 is 9.59 Å². The third-order valence-corrected chi connectivity index (χ3v) is 5.28. The Kier molecular flexibility index (Phi) is 4.61. The number of nitrogens with one attached hydrogen (secondary N) is 1. The van der Waals surface area contributed by atoms with E-state index in [0.29, 0.717) is 12.2 Å². The predicted octanol–water partition coefficient (Wildman–Crippen LogP) is 1.77. The van der Waals surface area contributed by atoms with Gasteiger partial charge >= 0.3 is 0 Å². The molecule has 2 aromatic rings. The Labute approximate surface area is 158 Å². The Balaban J connectivity index is 1.55. The van der Waals surface area contributed by atoms with E-state index < -0.39 is 0 Å². The molecule has 4 rings (SSSR count). The molecule has 1 aromatic carbocycles. The maximum absolute atomic E-state index is 13.2.